The largest absolute Gasteiger partial charge is 0.498 e. The molecule has 1 saturated heterocycles. The Morgan fingerprint density at radius 1 is 0.920 bits per heavy atom. The summed E-state index contributed by atoms with van der Waals surface area (Å²) in [5, 5.41) is 0. The highest BCUT2D eigenvalue weighted by Crippen LogP contribution is 2.37. The topological polar surface area (TPSA) is 27.7 Å². The highest BCUT2D eigenvalue weighted by Gasteiger charge is 2.52. The van der Waals surface area contributed by atoms with Gasteiger partial charge in [-0.25, -0.2) is 0 Å². The Balaban J connectivity index is 2.07. The van der Waals surface area contributed by atoms with Gasteiger partial charge in [-0.1, -0.05) is 30.3 Å². The van der Waals surface area contributed by atoms with Crippen molar-refractivity contribution in [2.45, 2.75) is 52.7 Å². The fourth-order valence-corrected chi connectivity index (χ4v) is 3.12. The first-order valence-corrected chi connectivity index (χ1v) is 8.76. The minimum Gasteiger partial charge on any atom is -0.497 e. The van der Waals surface area contributed by atoms with Crippen LogP contribution in [0.5, 0.6) is 5.75 Å². The van der Waals surface area contributed by atoms with Gasteiger partial charge in [0.05, 0.1) is 18.3 Å². The van der Waals surface area contributed by atoms with Crippen molar-refractivity contribution in [3.63, 3.8) is 0 Å². The van der Waals surface area contributed by atoms with Gasteiger partial charge in [-0.05, 0) is 69.9 Å². The molecule has 0 unspecified atom stereocenters. The molecule has 1 aliphatic heterocycles. The Hall–Kier alpha value is -1.78. The number of benzene rings is 2. The van der Waals surface area contributed by atoms with Crippen LogP contribution in [0.2, 0.25) is 0 Å². The van der Waals surface area contributed by atoms with E-state index in [4.69, 9.17) is 14.0 Å². The van der Waals surface area contributed by atoms with E-state index in [9.17, 15) is 0 Å². The van der Waals surface area contributed by atoms with Crippen molar-refractivity contribution in [3.8, 4) is 16.9 Å². The molecule has 4 heteroatoms. The van der Waals surface area contributed by atoms with E-state index in [-0.39, 0.29) is 11.2 Å². The van der Waals surface area contributed by atoms with E-state index >= 15 is 0 Å². The standard InChI is InChI=1S/C21H27BO3/c1-14-9-8-10-17(15(14)2)16-11-12-19(23-7)18(13-16)22-24-20(3,4)21(5,6)25-22/h8-13H,1-7H3. The third kappa shape index (κ3) is 3.09. The van der Waals surface area contributed by atoms with Crippen molar-refractivity contribution in [3.05, 3.63) is 47.5 Å². The zero-order valence-corrected chi connectivity index (χ0v) is 16.3. The maximum absolute atomic E-state index is 6.24. The van der Waals surface area contributed by atoms with Gasteiger partial charge in [-0.15, -0.1) is 0 Å². The van der Waals surface area contributed by atoms with Gasteiger partial charge in [0.25, 0.3) is 0 Å². The number of hydrogen-bond donors (Lipinski definition) is 0. The van der Waals surface area contributed by atoms with Crippen LogP contribution < -0.4 is 10.2 Å². The maximum atomic E-state index is 6.24. The van der Waals surface area contributed by atoms with Gasteiger partial charge >= 0.3 is 7.12 Å². The lowest BCUT2D eigenvalue weighted by Gasteiger charge is -2.32. The van der Waals surface area contributed by atoms with E-state index in [2.05, 4.69) is 71.9 Å². The first-order chi connectivity index (χ1) is 11.7. The molecule has 0 bridgehead atoms. The summed E-state index contributed by atoms with van der Waals surface area (Å²) in [6, 6.07) is 12.6. The Morgan fingerprint density at radius 3 is 2.16 bits per heavy atom. The number of hydrogen-bond acceptors (Lipinski definition) is 3. The summed E-state index contributed by atoms with van der Waals surface area (Å²) in [6.45, 7) is 12.5. The van der Waals surface area contributed by atoms with Crippen LogP contribution in [0.25, 0.3) is 11.1 Å². The van der Waals surface area contributed by atoms with E-state index in [0.717, 1.165) is 16.8 Å². The predicted molar refractivity (Wildman–Crippen MR) is 104 cm³/mol. The smallest absolute Gasteiger partial charge is 0.497 e. The van der Waals surface area contributed by atoms with Crippen LogP contribution in [0.15, 0.2) is 36.4 Å². The molecule has 3 nitrogen and oxygen atoms in total. The molecule has 0 aromatic heterocycles. The SMILES string of the molecule is COc1ccc(-c2cccc(C)c2C)cc1B1OC(C)(C)C(C)(C)O1. The van der Waals surface area contributed by atoms with Crippen molar-refractivity contribution < 1.29 is 14.0 Å². The normalized spacial score (nSPS) is 18.4. The summed E-state index contributed by atoms with van der Waals surface area (Å²) in [7, 11) is 1.24. The summed E-state index contributed by atoms with van der Waals surface area (Å²) < 4.78 is 18.0. The molecule has 2 aromatic carbocycles. The van der Waals surface area contributed by atoms with Gasteiger partial charge in [0.2, 0.25) is 0 Å². The molecule has 1 aliphatic rings. The first kappa shape index (κ1) is 18.0. The Labute approximate surface area is 151 Å². The molecule has 25 heavy (non-hydrogen) atoms. The molecule has 3 rings (SSSR count). The Morgan fingerprint density at radius 2 is 1.56 bits per heavy atom. The number of ether oxygens (including phenoxy) is 1. The Kier molecular flexibility index (Phi) is 4.46. The second-order valence-corrected chi connectivity index (χ2v) is 7.79. The molecule has 0 spiro atoms. The highest BCUT2D eigenvalue weighted by atomic mass is 16.7. The van der Waals surface area contributed by atoms with Crippen LogP contribution in [0.1, 0.15) is 38.8 Å². The van der Waals surface area contributed by atoms with Crippen LogP contribution in [0.4, 0.5) is 0 Å². The summed E-state index contributed by atoms with van der Waals surface area (Å²) in [5.41, 5.74) is 5.11. The van der Waals surface area contributed by atoms with Crippen molar-refractivity contribution >= 4 is 12.6 Å². The molecular weight excluding hydrogens is 311 g/mol. The molecule has 0 saturated carbocycles. The molecule has 0 radical (unpaired) electrons. The molecule has 132 valence electrons. The molecule has 1 heterocycles. The maximum Gasteiger partial charge on any atom is 0.498 e. The van der Waals surface area contributed by atoms with Crippen LogP contribution in [-0.2, 0) is 9.31 Å². The molecular formula is C21H27BO3. The van der Waals surface area contributed by atoms with Gasteiger partial charge in [0.15, 0.2) is 0 Å². The third-order valence-electron chi connectivity index (χ3n) is 5.65. The van der Waals surface area contributed by atoms with Gasteiger partial charge in [-0.3, -0.25) is 0 Å². The number of aryl methyl sites for hydroxylation is 1. The molecule has 0 aliphatic carbocycles. The van der Waals surface area contributed by atoms with Crippen molar-refractivity contribution in [2.75, 3.05) is 7.11 Å². The van der Waals surface area contributed by atoms with Crippen LogP contribution in [-0.4, -0.2) is 25.4 Å². The molecule has 0 amide bonds. The minimum absolute atomic E-state index is 0.377. The van der Waals surface area contributed by atoms with Crippen molar-refractivity contribution in [1.82, 2.24) is 0 Å². The average Bonchev–Trinajstić information content (AvgIpc) is 2.77. The van der Waals surface area contributed by atoms with Crippen LogP contribution in [0, 0.1) is 13.8 Å². The molecule has 2 aromatic rings. The van der Waals surface area contributed by atoms with E-state index in [1.807, 2.05) is 6.07 Å². The lowest BCUT2D eigenvalue weighted by Crippen LogP contribution is -2.41. The van der Waals surface area contributed by atoms with E-state index in [0.29, 0.717) is 0 Å². The molecule has 0 atom stereocenters. The first-order valence-electron chi connectivity index (χ1n) is 8.76. The predicted octanol–water partition coefficient (Wildman–Crippen LogP) is 4.28. The van der Waals surface area contributed by atoms with Gasteiger partial charge in [-0.2, -0.15) is 0 Å². The fourth-order valence-electron chi connectivity index (χ4n) is 3.12. The second-order valence-electron chi connectivity index (χ2n) is 7.79. The number of methoxy groups -OCH3 is 1. The second kappa shape index (κ2) is 6.19. The summed E-state index contributed by atoms with van der Waals surface area (Å²) in [6.07, 6.45) is 0. The zero-order valence-electron chi connectivity index (χ0n) is 16.3. The highest BCUT2D eigenvalue weighted by molar-refractivity contribution is 6.63. The van der Waals surface area contributed by atoms with E-state index < -0.39 is 7.12 Å². The van der Waals surface area contributed by atoms with Crippen molar-refractivity contribution in [1.29, 1.82) is 0 Å². The van der Waals surface area contributed by atoms with Crippen molar-refractivity contribution in [2.24, 2.45) is 0 Å². The van der Waals surface area contributed by atoms with E-state index in [1.165, 1.54) is 16.7 Å². The minimum atomic E-state index is -0.440. The summed E-state index contributed by atoms with van der Waals surface area (Å²) >= 11 is 0. The quantitative estimate of drug-likeness (QED) is 0.782. The third-order valence-corrected chi connectivity index (χ3v) is 5.65. The summed E-state index contributed by atoms with van der Waals surface area (Å²) in [5.74, 6) is 0.785. The molecule has 1 fully saturated rings. The lowest BCUT2D eigenvalue weighted by atomic mass is 9.76. The summed E-state index contributed by atoms with van der Waals surface area (Å²) in [4.78, 5) is 0. The Bertz CT molecular complexity index is 780. The monoisotopic (exact) mass is 338 g/mol. The zero-order chi connectivity index (χ0) is 18.4. The number of rotatable bonds is 3. The van der Waals surface area contributed by atoms with E-state index in [1.54, 1.807) is 7.11 Å². The van der Waals surface area contributed by atoms with Gasteiger partial charge in [0.1, 0.15) is 5.75 Å². The van der Waals surface area contributed by atoms with Gasteiger partial charge < -0.3 is 14.0 Å². The fraction of sp³-hybridized carbons (Fsp3) is 0.429. The van der Waals surface area contributed by atoms with Crippen LogP contribution >= 0.6 is 0 Å². The molecule has 0 N–H and O–H groups in total. The van der Waals surface area contributed by atoms with Crippen LogP contribution in [0.3, 0.4) is 0 Å². The lowest BCUT2D eigenvalue weighted by molar-refractivity contribution is 0.00578. The van der Waals surface area contributed by atoms with Gasteiger partial charge in [0, 0.05) is 5.46 Å². The average molecular weight is 338 g/mol.